The molecule has 0 atom stereocenters. The molecule has 2 aromatic carbocycles. The molecule has 10 heteroatoms. The SMILES string of the molecule is O=C1NC2(CC2)c2ccc(-c3nc(Nc4cc(N5CCNCC5)ccc4OC4COC4)ncc3F)cc21. The maximum atomic E-state index is 14.9. The van der Waals surface area contributed by atoms with Crippen LogP contribution in [0.5, 0.6) is 5.75 Å². The number of aromatic nitrogens is 2. The van der Waals surface area contributed by atoms with Gasteiger partial charge in [-0.3, -0.25) is 4.79 Å². The first kappa shape index (κ1) is 22.4. The quantitative estimate of drug-likeness (QED) is 0.473. The van der Waals surface area contributed by atoms with Gasteiger partial charge in [-0.05, 0) is 42.7 Å². The minimum atomic E-state index is -0.553. The molecule has 0 bridgehead atoms. The van der Waals surface area contributed by atoms with Crippen molar-refractivity contribution in [3.8, 4) is 17.0 Å². The molecular weight excluding hydrogens is 475 g/mol. The zero-order valence-electron chi connectivity index (χ0n) is 20.2. The highest BCUT2D eigenvalue weighted by molar-refractivity contribution is 6.01. The number of rotatable bonds is 6. The summed E-state index contributed by atoms with van der Waals surface area (Å²) in [5, 5.41) is 9.68. The molecule has 4 aliphatic rings. The van der Waals surface area contributed by atoms with Crippen molar-refractivity contribution < 1.29 is 18.7 Å². The first-order valence-corrected chi connectivity index (χ1v) is 12.7. The molecule has 1 aromatic heterocycles. The van der Waals surface area contributed by atoms with Gasteiger partial charge >= 0.3 is 0 Å². The molecule has 0 unspecified atom stereocenters. The Balaban J connectivity index is 1.21. The van der Waals surface area contributed by atoms with E-state index in [1.807, 2.05) is 30.3 Å². The van der Waals surface area contributed by atoms with Gasteiger partial charge in [-0.1, -0.05) is 12.1 Å². The van der Waals surface area contributed by atoms with E-state index in [0.29, 0.717) is 35.8 Å². The Hall–Kier alpha value is -3.76. The number of fused-ring (bicyclic) bond motifs is 2. The van der Waals surface area contributed by atoms with E-state index in [1.165, 1.54) is 0 Å². The number of ether oxygens (including phenoxy) is 2. The van der Waals surface area contributed by atoms with Crippen molar-refractivity contribution in [1.82, 2.24) is 20.6 Å². The van der Waals surface area contributed by atoms with Gasteiger partial charge in [0, 0.05) is 43.0 Å². The van der Waals surface area contributed by atoms with Gasteiger partial charge in [0.15, 0.2) is 5.82 Å². The summed E-state index contributed by atoms with van der Waals surface area (Å²) in [5.74, 6) is 0.231. The molecule has 190 valence electrons. The van der Waals surface area contributed by atoms with Gasteiger partial charge < -0.3 is 30.3 Å². The lowest BCUT2D eigenvalue weighted by atomic mass is 9.99. The molecule has 4 heterocycles. The van der Waals surface area contributed by atoms with Gasteiger partial charge in [0.25, 0.3) is 5.91 Å². The number of nitrogens with zero attached hydrogens (tertiary/aromatic N) is 3. The summed E-state index contributed by atoms with van der Waals surface area (Å²) in [7, 11) is 0. The molecule has 2 saturated heterocycles. The van der Waals surface area contributed by atoms with Crippen LogP contribution in [0, 0.1) is 5.82 Å². The topological polar surface area (TPSA) is 101 Å². The molecule has 3 aliphatic heterocycles. The number of amides is 1. The fourth-order valence-corrected chi connectivity index (χ4v) is 5.22. The molecule has 1 amide bonds. The highest BCUT2D eigenvalue weighted by atomic mass is 19.1. The number of carbonyl (C=O) groups excluding carboxylic acids is 1. The van der Waals surface area contributed by atoms with Gasteiger partial charge in [-0.25, -0.2) is 14.4 Å². The number of piperazine rings is 1. The number of hydrogen-bond acceptors (Lipinski definition) is 8. The minimum Gasteiger partial charge on any atom is -0.483 e. The maximum Gasteiger partial charge on any atom is 0.252 e. The second-order valence-electron chi connectivity index (χ2n) is 10.0. The van der Waals surface area contributed by atoms with E-state index in [-0.39, 0.29) is 29.2 Å². The summed E-state index contributed by atoms with van der Waals surface area (Å²) in [6.07, 6.45) is 3.01. The van der Waals surface area contributed by atoms with Gasteiger partial charge in [0.2, 0.25) is 5.95 Å². The molecule has 37 heavy (non-hydrogen) atoms. The smallest absolute Gasteiger partial charge is 0.252 e. The Bertz CT molecular complexity index is 1380. The van der Waals surface area contributed by atoms with Crippen molar-refractivity contribution in [2.24, 2.45) is 0 Å². The fraction of sp³-hybridized carbons (Fsp3) is 0.370. The monoisotopic (exact) mass is 502 g/mol. The van der Waals surface area contributed by atoms with Crippen LogP contribution < -0.4 is 25.6 Å². The first-order valence-electron chi connectivity index (χ1n) is 12.7. The highest BCUT2D eigenvalue weighted by Crippen LogP contribution is 2.50. The number of anilines is 3. The van der Waals surface area contributed by atoms with E-state index in [2.05, 4.69) is 30.8 Å². The van der Waals surface area contributed by atoms with Crippen LogP contribution in [-0.2, 0) is 10.3 Å². The molecule has 1 spiro atoms. The van der Waals surface area contributed by atoms with Crippen molar-refractivity contribution >= 4 is 23.2 Å². The third kappa shape index (κ3) is 4.06. The lowest BCUT2D eigenvalue weighted by molar-refractivity contribution is -0.0793. The van der Waals surface area contributed by atoms with Crippen LogP contribution in [0.1, 0.15) is 28.8 Å². The standard InChI is InChI=1S/C27H27FN6O3/c28-21-13-30-26(32-24(21)16-1-3-20-19(11-16)25(35)33-27(20)5-6-27)31-22-12-17(34-9-7-29-8-10-34)2-4-23(22)37-18-14-36-15-18/h1-4,11-13,18,29H,5-10,14-15H2,(H,33,35)(H,30,31,32). The van der Waals surface area contributed by atoms with E-state index in [1.54, 1.807) is 6.07 Å². The summed E-state index contributed by atoms with van der Waals surface area (Å²) in [6, 6.07) is 11.5. The van der Waals surface area contributed by atoms with E-state index in [4.69, 9.17) is 9.47 Å². The summed E-state index contributed by atoms with van der Waals surface area (Å²) in [5.41, 5.74) is 3.78. The molecule has 7 rings (SSSR count). The van der Waals surface area contributed by atoms with Crippen molar-refractivity contribution in [3.05, 3.63) is 59.5 Å². The Morgan fingerprint density at radius 3 is 2.73 bits per heavy atom. The summed E-state index contributed by atoms with van der Waals surface area (Å²) >= 11 is 0. The fourth-order valence-electron chi connectivity index (χ4n) is 5.22. The Morgan fingerprint density at radius 1 is 1.14 bits per heavy atom. The summed E-state index contributed by atoms with van der Waals surface area (Å²) in [4.78, 5) is 23.5. The van der Waals surface area contributed by atoms with Crippen LogP contribution >= 0.6 is 0 Å². The molecule has 3 N–H and O–H groups in total. The normalized spacial score (nSPS) is 19.8. The van der Waals surface area contributed by atoms with Crippen molar-refractivity contribution in [2.75, 3.05) is 49.6 Å². The second kappa shape index (κ2) is 8.67. The zero-order valence-corrected chi connectivity index (χ0v) is 20.2. The Labute approximate surface area is 213 Å². The highest BCUT2D eigenvalue weighted by Gasteiger charge is 2.52. The number of hydrogen-bond donors (Lipinski definition) is 3. The van der Waals surface area contributed by atoms with E-state index >= 15 is 0 Å². The number of carbonyl (C=O) groups is 1. The number of halogens is 1. The zero-order chi connectivity index (χ0) is 25.0. The lowest BCUT2D eigenvalue weighted by Gasteiger charge is -2.31. The molecule has 3 aromatic rings. The third-order valence-corrected chi connectivity index (χ3v) is 7.49. The van der Waals surface area contributed by atoms with Gasteiger partial charge in [-0.15, -0.1) is 0 Å². The van der Waals surface area contributed by atoms with Crippen LogP contribution in [0.15, 0.2) is 42.6 Å². The molecule has 3 fully saturated rings. The van der Waals surface area contributed by atoms with Crippen LogP contribution in [0.3, 0.4) is 0 Å². The van der Waals surface area contributed by atoms with Crippen LogP contribution in [0.25, 0.3) is 11.3 Å². The van der Waals surface area contributed by atoms with E-state index in [0.717, 1.165) is 56.5 Å². The van der Waals surface area contributed by atoms with Crippen molar-refractivity contribution in [2.45, 2.75) is 24.5 Å². The number of benzene rings is 2. The predicted octanol–water partition coefficient (Wildman–Crippen LogP) is 2.95. The van der Waals surface area contributed by atoms with E-state index in [9.17, 15) is 9.18 Å². The second-order valence-corrected chi connectivity index (χ2v) is 10.0. The summed E-state index contributed by atoms with van der Waals surface area (Å²) < 4.78 is 26.3. The number of nitrogens with one attached hydrogen (secondary N) is 3. The lowest BCUT2D eigenvalue weighted by Crippen LogP contribution is -2.43. The van der Waals surface area contributed by atoms with Crippen LogP contribution in [-0.4, -0.2) is 61.4 Å². The van der Waals surface area contributed by atoms with Crippen LogP contribution in [0.2, 0.25) is 0 Å². The molecule has 1 saturated carbocycles. The minimum absolute atomic E-state index is 0.0115. The largest absolute Gasteiger partial charge is 0.483 e. The van der Waals surface area contributed by atoms with Crippen molar-refractivity contribution in [1.29, 1.82) is 0 Å². The average Bonchev–Trinajstić information content (AvgIpc) is 3.62. The first-order chi connectivity index (χ1) is 18.1. The Morgan fingerprint density at radius 2 is 1.97 bits per heavy atom. The van der Waals surface area contributed by atoms with Gasteiger partial charge in [0.05, 0.1) is 30.6 Å². The van der Waals surface area contributed by atoms with Gasteiger partial charge in [-0.2, -0.15) is 0 Å². The molecule has 9 nitrogen and oxygen atoms in total. The molecular formula is C27H27FN6O3. The van der Waals surface area contributed by atoms with Gasteiger partial charge in [0.1, 0.15) is 17.5 Å². The predicted molar refractivity (Wildman–Crippen MR) is 136 cm³/mol. The summed E-state index contributed by atoms with van der Waals surface area (Å²) in [6.45, 7) is 4.74. The molecule has 1 aliphatic carbocycles. The maximum absolute atomic E-state index is 14.9. The molecule has 0 radical (unpaired) electrons. The Kier molecular flexibility index (Phi) is 5.26. The average molecular weight is 503 g/mol. The van der Waals surface area contributed by atoms with E-state index < -0.39 is 5.82 Å². The third-order valence-electron chi connectivity index (χ3n) is 7.49. The van der Waals surface area contributed by atoms with Crippen molar-refractivity contribution in [3.63, 3.8) is 0 Å². The van der Waals surface area contributed by atoms with Crippen LogP contribution in [0.4, 0.5) is 21.7 Å².